The van der Waals surface area contributed by atoms with E-state index >= 15 is 0 Å². The van der Waals surface area contributed by atoms with Crippen LogP contribution in [-0.4, -0.2) is 38.3 Å². The molecule has 1 aromatic carbocycles. The number of halogens is 1. The van der Waals surface area contributed by atoms with Crippen LogP contribution in [0.25, 0.3) is 0 Å². The molecule has 1 atom stereocenters. The van der Waals surface area contributed by atoms with Crippen LogP contribution in [0, 0.1) is 17.1 Å². The maximum Gasteiger partial charge on any atom is 0.319 e. The van der Waals surface area contributed by atoms with Crippen molar-refractivity contribution >= 4 is 11.7 Å². The largest absolute Gasteiger partial charge is 0.465 e. The topological polar surface area (TPSA) is 65.4 Å². The second-order valence-corrected chi connectivity index (χ2v) is 5.25. The van der Waals surface area contributed by atoms with Crippen molar-refractivity contribution in [2.45, 2.75) is 25.8 Å². The van der Waals surface area contributed by atoms with Crippen molar-refractivity contribution in [1.29, 1.82) is 5.26 Å². The molecule has 118 valence electrons. The molecule has 6 heteroatoms. The first-order chi connectivity index (χ1) is 10.6. The van der Waals surface area contributed by atoms with Crippen molar-refractivity contribution in [1.82, 2.24) is 5.32 Å². The Balaban J connectivity index is 1.96. The number of rotatable bonds is 5. The number of ether oxygens (including phenoxy) is 1. The molecule has 2 rings (SSSR count). The molecule has 1 saturated heterocycles. The van der Waals surface area contributed by atoms with E-state index in [9.17, 15) is 9.18 Å². The molecule has 0 bridgehead atoms. The van der Waals surface area contributed by atoms with Gasteiger partial charge in [0.25, 0.3) is 0 Å². The van der Waals surface area contributed by atoms with Gasteiger partial charge < -0.3 is 15.0 Å². The first-order valence-electron chi connectivity index (χ1n) is 7.47. The summed E-state index contributed by atoms with van der Waals surface area (Å²) in [6, 6.07) is 6.56. The lowest BCUT2D eigenvalue weighted by atomic mass is 10.0. The third kappa shape index (κ3) is 4.18. The quantitative estimate of drug-likeness (QED) is 0.841. The van der Waals surface area contributed by atoms with Crippen molar-refractivity contribution in [3.8, 4) is 6.07 Å². The number of carbonyl (C=O) groups excluding carboxylic acids is 1. The fourth-order valence-electron chi connectivity index (χ4n) is 2.64. The van der Waals surface area contributed by atoms with Crippen LogP contribution in [-0.2, 0) is 9.53 Å². The predicted molar refractivity (Wildman–Crippen MR) is 81.0 cm³/mol. The molecule has 0 saturated carbocycles. The van der Waals surface area contributed by atoms with Crippen LogP contribution in [0.15, 0.2) is 18.2 Å². The average molecular weight is 305 g/mol. The summed E-state index contributed by atoms with van der Waals surface area (Å²) in [4.78, 5) is 13.3. The SMILES string of the molecule is CCOC(=O)CN[C@H]1CCCN(c2ccc(C#N)cc2F)C1. The van der Waals surface area contributed by atoms with Crippen molar-refractivity contribution < 1.29 is 13.9 Å². The molecule has 0 spiro atoms. The number of nitrogens with zero attached hydrogens (tertiary/aromatic N) is 2. The third-order valence-electron chi connectivity index (χ3n) is 3.68. The number of piperidine rings is 1. The number of nitriles is 1. The van der Waals surface area contributed by atoms with Gasteiger partial charge in [0.2, 0.25) is 0 Å². The summed E-state index contributed by atoms with van der Waals surface area (Å²) >= 11 is 0. The molecule has 0 radical (unpaired) electrons. The fraction of sp³-hybridized carbons (Fsp3) is 0.500. The number of benzene rings is 1. The maximum absolute atomic E-state index is 14.1. The van der Waals surface area contributed by atoms with Crippen molar-refractivity contribution in [3.63, 3.8) is 0 Å². The molecule has 22 heavy (non-hydrogen) atoms. The van der Waals surface area contributed by atoms with E-state index < -0.39 is 0 Å². The summed E-state index contributed by atoms with van der Waals surface area (Å²) < 4.78 is 19.0. The van der Waals surface area contributed by atoms with E-state index in [2.05, 4.69) is 5.32 Å². The van der Waals surface area contributed by atoms with Crippen molar-refractivity contribution in [2.24, 2.45) is 0 Å². The standard InChI is InChI=1S/C16H20FN3O2/c1-2-22-16(21)10-19-13-4-3-7-20(11-13)15-6-5-12(9-18)8-14(15)17/h5-6,8,13,19H,2-4,7,10-11H2,1H3/t13-/m0/s1. The highest BCUT2D eigenvalue weighted by Gasteiger charge is 2.22. The van der Waals surface area contributed by atoms with Crippen LogP contribution in [0.2, 0.25) is 0 Å². The summed E-state index contributed by atoms with van der Waals surface area (Å²) in [6.07, 6.45) is 1.85. The molecule has 1 heterocycles. The third-order valence-corrected chi connectivity index (χ3v) is 3.68. The van der Waals surface area contributed by atoms with E-state index in [1.807, 2.05) is 11.0 Å². The highest BCUT2D eigenvalue weighted by molar-refractivity contribution is 5.71. The number of hydrogen-bond donors (Lipinski definition) is 1. The molecule has 1 aliphatic heterocycles. The predicted octanol–water partition coefficient (Wildman–Crippen LogP) is 1.82. The Morgan fingerprint density at radius 2 is 2.41 bits per heavy atom. The number of carbonyl (C=O) groups is 1. The molecule has 0 aliphatic carbocycles. The van der Waals surface area contributed by atoms with Gasteiger partial charge in [-0.1, -0.05) is 0 Å². The Morgan fingerprint density at radius 3 is 3.09 bits per heavy atom. The second kappa shape index (κ2) is 7.76. The second-order valence-electron chi connectivity index (χ2n) is 5.25. The van der Waals surface area contributed by atoms with Crippen LogP contribution < -0.4 is 10.2 Å². The number of nitrogens with one attached hydrogen (secondary N) is 1. The Bertz CT molecular complexity index is 571. The Hall–Kier alpha value is -2.13. The Labute approximate surface area is 129 Å². The number of hydrogen-bond acceptors (Lipinski definition) is 5. The van der Waals surface area contributed by atoms with Gasteiger partial charge in [-0.2, -0.15) is 5.26 Å². The van der Waals surface area contributed by atoms with E-state index in [1.165, 1.54) is 6.07 Å². The van der Waals surface area contributed by atoms with Crippen LogP contribution in [0.1, 0.15) is 25.3 Å². The zero-order chi connectivity index (χ0) is 15.9. The minimum absolute atomic E-state index is 0.119. The molecule has 5 nitrogen and oxygen atoms in total. The molecule has 1 N–H and O–H groups in total. The van der Waals surface area contributed by atoms with Gasteiger partial charge >= 0.3 is 5.97 Å². The first-order valence-corrected chi connectivity index (χ1v) is 7.47. The molecule has 1 aromatic rings. The molecule has 1 fully saturated rings. The summed E-state index contributed by atoms with van der Waals surface area (Å²) in [5, 5.41) is 11.9. The fourth-order valence-corrected chi connectivity index (χ4v) is 2.64. The monoisotopic (exact) mass is 305 g/mol. The van der Waals surface area contributed by atoms with Gasteiger partial charge in [-0.25, -0.2) is 4.39 Å². The number of esters is 1. The normalized spacial score (nSPS) is 17.9. The van der Waals surface area contributed by atoms with Gasteiger partial charge in [0.1, 0.15) is 5.82 Å². The van der Waals surface area contributed by atoms with Crippen molar-refractivity contribution in [2.75, 3.05) is 31.1 Å². The summed E-state index contributed by atoms with van der Waals surface area (Å²) in [5.74, 6) is -0.658. The van der Waals surface area contributed by atoms with Crippen LogP contribution in [0.3, 0.4) is 0 Å². The van der Waals surface area contributed by atoms with Gasteiger partial charge in [0.05, 0.1) is 30.5 Å². The molecular weight excluding hydrogens is 285 g/mol. The minimum Gasteiger partial charge on any atom is -0.465 e. The lowest BCUT2D eigenvalue weighted by Crippen LogP contribution is -2.47. The van der Waals surface area contributed by atoms with Crippen molar-refractivity contribution in [3.05, 3.63) is 29.6 Å². The zero-order valence-corrected chi connectivity index (χ0v) is 12.6. The van der Waals surface area contributed by atoms with E-state index in [1.54, 1.807) is 19.1 Å². The molecule has 0 unspecified atom stereocenters. The van der Waals surface area contributed by atoms with Gasteiger partial charge in [-0.3, -0.25) is 4.79 Å². The first kappa shape index (κ1) is 16.2. The van der Waals surface area contributed by atoms with Gasteiger partial charge in [-0.15, -0.1) is 0 Å². The number of anilines is 1. The highest BCUT2D eigenvalue weighted by Crippen LogP contribution is 2.24. The van der Waals surface area contributed by atoms with E-state index in [0.717, 1.165) is 19.4 Å². The van der Waals surface area contributed by atoms with Gasteiger partial charge in [-0.05, 0) is 38.0 Å². The van der Waals surface area contributed by atoms with Crippen LogP contribution in [0.4, 0.5) is 10.1 Å². The van der Waals surface area contributed by atoms with Crippen LogP contribution in [0.5, 0.6) is 0 Å². The average Bonchev–Trinajstić information content (AvgIpc) is 2.53. The summed E-state index contributed by atoms with van der Waals surface area (Å²) in [5.41, 5.74) is 0.817. The van der Waals surface area contributed by atoms with E-state index in [0.29, 0.717) is 24.4 Å². The molecule has 0 aromatic heterocycles. The summed E-state index contributed by atoms with van der Waals surface area (Å²) in [6.45, 7) is 3.70. The Kier molecular flexibility index (Phi) is 5.73. The van der Waals surface area contributed by atoms with Gasteiger partial charge in [0.15, 0.2) is 0 Å². The maximum atomic E-state index is 14.1. The molecular formula is C16H20FN3O2. The Morgan fingerprint density at radius 1 is 1.59 bits per heavy atom. The molecule has 0 amide bonds. The van der Waals surface area contributed by atoms with E-state index in [4.69, 9.17) is 10.00 Å². The minimum atomic E-state index is -0.384. The molecule has 1 aliphatic rings. The van der Waals surface area contributed by atoms with Gasteiger partial charge in [0, 0.05) is 19.1 Å². The lowest BCUT2D eigenvalue weighted by Gasteiger charge is -2.35. The van der Waals surface area contributed by atoms with Crippen LogP contribution >= 0.6 is 0 Å². The highest BCUT2D eigenvalue weighted by atomic mass is 19.1. The smallest absolute Gasteiger partial charge is 0.319 e. The zero-order valence-electron chi connectivity index (χ0n) is 12.6. The van der Waals surface area contributed by atoms with E-state index in [-0.39, 0.29) is 24.4 Å². The summed E-state index contributed by atoms with van der Waals surface area (Å²) in [7, 11) is 0. The lowest BCUT2D eigenvalue weighted by molar-refractivity contribution is -0.142.